The highest BCUT2D eigenvalue weighted by Crippen LogP contribution is 2.58. The zero-order valence-corrected chi connectivity index (χ0v) is 16.0. The molecule has 4 rings (SSSR count). The van der Waals surface area contributed by atoms with Gasteiger partial charge in [-0.2, -0.15) is 0 Å². The smallest absolute Gasteiger partial charge is 0.306 e. The average Bonchev–Trinajstić information content (AvgIpc) is 3.28. The monoisotopic (exact) mass is 389 g/mol. The highest BCUT2D eigenvalue weighted by molar-refractivity contribution is 7.67. The van der Waals surface area contributed by atoms with Crippen LogP contribution in [0.3, 0.4) is 0 Å². The van der Waals surface area contributed by atoms with E-state index in [0.717, 1.165) is 5.69 Å². The maximum atomic E-state index is 14.4. The lowest BCUT2D eigenvalue weighted by atomic mass is 10.3. The van der Waals surface area contributed by atoms with Gasteiger partial charge in [0.25, 0.3) is 0 Å². The number of para-hydroxylation sites is 2. The molecule has 0 radical (unpaired) electrons. The molecule has 140 valence electrons. The molecule has 4 nitrogen and oxygen atoms in total. The Morgan fingerprint density at radius 3 is 1.96 bits per heavy atom. The molecule has 0 aliphatic rings. The van der Waals surface area contributed by atoms with E-state index >= 15 is 0 Å². The van der Waals surface area contributed by atoms with Gasteiger partial charge in [-0.3, -0.25) is 4.57 Å². The minimum Gasteiger partial charge on any atom is -0.466 e. The fourth-order valence-corrected chi connectivity index (χ4v) is 5.32. The van der Waals surface area contributed by atoms with Crippen LogP contribution in [0.25, 0.3) is 0 Å². The Balaban J connectivity index is 1.82. The Morgan fingerprint density at radius 1 is 0.750 bits per heavy atom. The van der Waals surface area contributed by atoms with Gasteiger partial charge in [-0.1, -0.05) is 54.6 Å². The van der Waals surface area contributed by atoms with E-state index in [1.807, 2.05) is 84.9 Å². The van der Waals surface area contributed by atoms with Crippen molar-refractivity contribution in [1.82, 2.24) is 0 Å². The van der Waals surface area contributed by atoms with Crippen molar-refractivity contribution >= 4 is 18.4 Å². The molecule has 1 N–H and O–H groups in total. The zero-order chi connectivity index (χ0) is 19.2. The summed E-state index contributed by atoms with van der Waals surface area (Å²) in [6, 6.07) is 31.7. The summed E-state index contributed by atoms with van der Waals surface area (Å²) >= 11 is 0. The van der Waals surface area contributed by atoms with Crippen molar-refractivity contribution in [3.8, 4) is 5.75 Å². The lowest BCUT2D eigenvalue weighted by Gasteiger charge is -2.28. The van der Waals surface area contributed by atoms with Gasteiger partial charge < -0.3 is 14.3 Å². The molecule has 0 saturated carbocycles. The average molecular weight is 389 g/mol. The molecule has 1 heterocycles. The van der Waals surface area contributed by atoms with Crippen LogP contribution >= 0.6 is 7.37 Å². The second-order valence-electron chi connectivity index (χ2n) is 6.27. The fourth-order valence-electron chi connectivity index (χ4n) is 2.99. The molecule has 2 unspecified atom stereocenters. The fraction of sp³-hybridized carbons (Fsp3) is 0.0435. The molecular weight excluding hydrogens is 369 g/mol. The van der Waals surface area contributed by atoms with Crippen molar-refractivity contribution in [2.24, 2.45) is 0 Å². The first kappa shape index (κ1) is 18.1. The summed E-state index contributed by atoms with van der Waals surface area (Å²) in [5.41, 5.74) is 0.830. The van der Waals surface area contributed by atoms with Crippen LogP contribution in [0.2, 0.25) is 0 Å². The van der Waals surface area contributed by atoms with Gasteiger partial charge in [-0.25, -0.2) is 0 Å². The van der Waals surface area contributed by atoms with E-state index in [1.165, 1.54) is 0 Å². The Labute approximate surface area is 164 Å². The van der Waals surface area contributed by atoms with Gasteiger partial charge in [0.1, 0.15) is 11.5 Å². The Hall–Kier alpha value is -3.23. The van der Waals surface area contributed by atoms with E-state index in [4.69, 9.17) is 8.94 Å². The SMILES string of the molecule is O=P(Oc1ccccc1)(c1ccccc1)C(Nc1ccccc1)c1ccco1. The van der Waals surface area contributed by atoms with Crippen molar-refractivity contribution in [1.29, 1.82) is 0 Å². The summed E-state index contributed by atoms with van der Waals surface area (Å²) < 4.78 is 26.3. The zero-order valence-electron chi connectivity index (χ0n) is 15.1. The molecule has 0 saturated heterocycles. The van der Waals surface area contributed by atoms with E-state index in [0.29, 0.717) is 16.8 Å². The summed E-state index contributed by atoms with van der Waals surface area (Å²) in [6.07, 6.45) is 1.58. The number of benzene rings is 3. The highest BCUT2D eigenvalue weighted by atomic mass is 31.2. The molecule has 1 aromatic heterocycles. The summed E-state index contributed by atoms with van der Waals surface area (Å²) in [4.78, 5) is 0. The minimum atomic E-state index is -3.46. The van der Waals surface area contributed by atoms with E-state index in [1.54, 1.807) is 24.5 Å². The first-order chi connectivity index (χ1) is 13.8. The molecule has 0 amide bonds. The van der Waals surface area contributed by atoms with Gasteiger partial charge in [-0.05, 0) is 48.5 Å². The summed E-state index contributed by atoms with van der Waals surface area (Å²) in [7, 11) is -3.46. The molecule has 0 bridgehead atoms. The van der Waals surface area contributed by atoms with E-state index in [9.17, 15) is 4.57 Å². The predicted molar refractivity (Wildman–Crippen MR) is 112 cm³/mol. The van der Waals surface area contributed by atoms with Gasteiger partial charge in [0, 0.05) is 5.69 Å². The molecule has 0 aliphatic carbocycles. The third-order valence-corrected chi connectivity index (χ3v) is 6.89. The third-order valence-electron chi connectivity index (χ3n) is 4.33. The second kappa shape index (κ2) is 8.20. The maximum absolute atomic E-state index is 14.4. The predicted octanol–water partition coefficient (Wildman–Crippen LogP) is 6.07. The van der Waals surface area contributed by atoms with Crippen LogP contribution in [0.4, 0.5) is 5.69 Å². The molecule has 3 aromatic carbocycles. The normalized spacial score (nSPS) is 14.0. The number of hydrogen-bond acceptors (Lipinski definition) is 4. The summed E-state index contributed by atoms with van der Waals surface area (Å²) in [5, 5.41) is 3.97. The van der Waals surface area contributed by atoms with Gasteiger partial charge in [0.2, 0.25) is 0 Å². The van der Waals surface area contributed by atoms with Crippen molar-refractivity contribution in [3.05, 3.63) is 115 Å². The number of anilines is 1. The number of hydrogen-bond donors (Lipinski definition) is 1. The van der Waals surface area contributed by atoms with Crippen molar-refractivity contribution in [2.45, 2.75) is 5.78 Å². The standard InChI is InChI=1S/C23H20NO3P/c25-28(21-15-8-3-9-16-21,27-20-13-6-2-7-14-20)23(22-17-10-18-26-22)24-19-11-4-1-5-12-19/h1-18,23-24H. The lowest BCUT2D eigenvalue weighted by Crippen LogP contribution is -2.21. The Morgan fingerprint density at radius 2 is 1.36 bits per heavy atom. The van der Waals surface area contributed by atoms with Crippen LogP contribution in [0.5, 0.6) is 5.75 Å². The number of furan rings is 1. The van der Waals surface area contributed by atoms with E-state index in [-0.39, 0.29) is 0 Å². The Bertz CT molecular complexity index is 1040. The van der Waals surface area contributed by atoms with Gasteiger partial charge in [0.15, 0.2) is 5.78 Å². The van der Waals surface area contributed by atoms with Gasteiger partial charge >= 0.3 is 7.37 Å². The van der Waals surface area contributed by atoms with E-state index in [2.05, 4.69) is 5.32 Å². The van der Waals surface area contributed by atoms with Gasteiger partial charge in [0.05, 0.1) is 11.6 Å². The molecule has 5 heteroatoms. The van der Waals surface area contributed by atoms with Crippen molar-refractivity contribution in [2.75, 3.05) is 5.32 Å². The second-order valence-corrected chi connectivity index (χ2v) is 8.67. The quantitative estimate of drug-likeness (QED) is 0.390. The topological polar surface area (TPSA) is 51.5 Å². The van der Waals surface area contributed by atoms with Crippen LogP contribution < -0.4 is 15.1 Å². The Kier molecular flexibility index (Phi) is 5.31. The molecule has 2 atom stereocenters. The third kappa shape index (κ3) is 3.88. The van der Waals surface area contributed by atoms with Crippen LogP contribution in [-0.2, 0) is 4.57 Å². The van der Waals surface area contributed by atoms with Crippen LogP contribution in [0.15, 0.2) is 114 Å². The molecular formula is C23H20NO3P. The highest BCUT2D eigenvalue weighted by Gasteiger charge is 2.41. The number of rotatable bonds is 7. The summed E-state index contributed by atoms with van der Waals surface area (Å²) in [5.74, 6) is 0.403. The molecule has 28 heavy (non-hydrogen) atoms. The molecule has 4 aromatic rings. The number of nitrogens with one attached hydrogen (secondary N) is 1. The van der Waals surface area contributed by atoms with Crippen molar-refractivity contribution in [3.63, 3.8) is 0 Å². The maximum Gasteiger partial charge on any atom is 0.306 e. The largest absolute Gasteiger partial charge is 0.466 e. The first-order valence-electron chi connectivity index (χ1n) is 9.01. The molecule has 0 spiro atoms. The van der Waals surface area contributed by atoms with Gasteiger partial charge in [-0.15, -0.1) is 0 Å². The lowest BCUT2D eigenvalue weighted by molar-refractivity contribution is 0.459. The van der Waals surface area contributed by atoms with Crippen molar-refractivity contribution < 1.29 is 13.5 Å². The van der Waals surface area contributed by atoms with Crippen LogP contribution in [0.1, 0.15) is 11.5 Å². The van der Waals surface area contributed by atoms with E-state index < -0.39 is 13.2 Å². The van der Waals surface area contributed by atoms with Crippen LogP contribution in [-0.4, -0.2) is 0 Å². The molecule has 0 fully saturated rings. The summed E-state index contributed by atoms with van der Waals surface area (Å²) in [6.45, 7) is 0. The first-order valence-corrected chi connectivity index (χ1v) is 10.7. The molecule has 0 aliphatic heterocycles. The van der Waals surface area contributed by atoms with Crippen LogP contribution in [0, 0.1) is 0 Å². The minimum absolute atomic E-state index is 0.543.